The standard InChI is InChI=1S/C9H11F3N2O2/c1-8(16,9(10,11)12)5-14-7(15)6-2-3-13-4-6/h2-4,13,16H,5H2,1H3,(H,14,15). The molecule has 0 aliphatic carbocycles. The van der Waals surface area contributed by atoms with E-state index in [2.05, 4.69) is 4.98 Å². The number of amides is 1. The number of rotatable bonds is 3. The van der Waals surface area contributed by atoms with Crippen LogP contribution < -0.4 is 5.32 Å². The molecule has 0 radical (unpaired) electrons. The summed E-state index contributed by atoms with van der Waals surface area (Å²) in [7, 11) is 0. The van der Waals surface area contributed by atoms with Gasteiger partial charge in [-0.05, 0) is 13.0 Å². The minimum Gasteiger partial charge on any atom is -0.379 e. The zero-order valence-electron chi connectivity index (χ0n) is 8.43. The SMILES string of the molecule is CC(O)(CNC(=O)c1cc[nH]c1)C(F)(F)F. The summed E-state index contributed by atoms with van der Waals surface area (Å²) in [4.78, 5) is 13.9. The lowest BCUT2D eigenvalue weighted by atomic mass is 10.1. The van der Waals surface area contributed by atoms with Crippen LogP contribution in [-0.4, -0.2) is 34.3 Å². The highest BCUT2D eigenvalue weighted by Crippen LogP contribution is 2.29. The van der Waals surface area contributed by atoms with Gasteiger partial charge in [0.25, 0.3) is 5.91 Å². The van der Waals surface area contributed by atoms with E-state index in [-0.39, 0.29) is 5.56 Å². The topological polar surface area (TPSA) is 65.1 Å². The Morgan fingerprint density at radius 3 is 2.62 bits per heavy atom. The highest BCUT2D eigenvalue weighted by molar-refractivity contribution is 5.93. The van der Waals surface area contributed by atoms with Crippen molar-refractivity contribution in [2.45, 2.75) is 18.7 Å². The number of alkyl halides is 3. The van der Waals surface area contributed by atoms with Gasteiger partial charge in [0.2, 0.25) is 0 Å². The molecule has 16 heavy (non-hydrogen) atoms. The fraction of sp³-hybridized carbons (Fsp3) is 0.444. The molecule has 90 valence electrons. The Bertz CT molecular complexity index is 357. The number of aromatic nitrogens is 1. The van der Waals surface area contributed by atoms with E-state index in [1.807, 2.05) is 5.32 Å². The molecule has 3 N–H and O–H groups in total. The number of H-pyrrole nitrogens is 1. The monoisotopic (exact) mass is 236 g/mol. The summed E-state index contributed by atoms with van der Waals surface area (Å²) in [6.07, 6.45) is -1.97. The van der Waals surface area contributed by atoms with Crippen molar-refractivity contribution in [2.24, 2.45) is 0 Å². The molecule has 0 saturated heterocycles. The Kier molecular flexibility index (Phi) is 3.27. The van der Waals surface area contributed by atoms with Gasteiger partial charge >= 0.3 is 6.18 Å². The maximum Gasteiger partial charge on any atom is 0.418 e. The third kappa shape index (κ3) is 2.75. The van der Waals surface area contributed by atoms with Crippen molar-refractivity contribution in [3.8, 4) is 0 Å². The number of aliphatic hydroxyl groups is 1. The normalized spacial score (nSPS) is 15.6. The van der Waals surface area contributed by atoms with Crippen LogP contribution in [0.15, 0.2) is 18.5 Å². The molecule has 4 nitrogen and oxygen atoms in total. The third-order valence-corrected chi connectivity index (χ3v) is 2.06. The van der Waals surface area contributed by atoms with Crippen LogP contribution in [0.25, 0.3) is 0 Å². The van der Waals surface area contributed by atoms with Gasteiger partial charge in [-0.25, -0.2) is 0 Å². The molecule has 1 rings (SSSR count). The number of carbonyl (C=O) groups is 1. The Balaban J connectivity index is 2.56. The van der Waals surface area contributed by atoms with Gasteiger partial charge in [-0.3, -0.25) is 4.79 Å². The van der Waals surface area contributed by atoms with Crippen LogP contribution in [0.5, 0.6) is 0 Å². The lowest BCUT2D eigenvalue weighted by Crippen LogP contribution is -2.51. The van der Waals surface area contributed by atoms with Gasteiger partial charge in [0.1, 0.15) is 0 Å². The van der Waals surface area contributed by atoms with Crippen molar-refractivity contribution in [1.29, 1.82) is 0 Å². The summed E-state index contributed by atoms with van der Waals surface area (Å²) in [6.45, 7) is -0.287. The van der Waals surface area contributed by atoms with Crippen molar-refractivity contribution < 1.29 is 23.1 Å². The Morgan fingerprint density at radius 1 is 1.56 bits per heavy atom. The van der Waals surface area contributed by atoms with Crippen molar-refractivity contribution in [3.05, 3.63) is 24.0 Å². The van der Waals surface area contributed by atoms with Gasteiger partial charge in [0.05, 0.1) is 12.1 Å². The summed E-state index contributed by atoms with van der Waals surface area (Å²) < 4.78 is 36.7. The Morgan fingerprint density at radius 2 is 2.19 bits per heavy atom. The summed E-state index contributed by atoms with van der Waals surface area (Å²) in [6, 6.07) is 1.41. The molecule has 0 aliphatic rings. The summed E-state index contributed by atoms with van der Waals surface area (Å²) in [5.41, 5.74) is -2.73. The second kappa shape index (κ2) is 4.17. The van der Waals surface area contributed by atoms with E-state index in [0.717, 1.165) is 0 Å². The molecule has 0 saturated carbocycles. The lowest BCUT2D eigenvalue weighted by Gasteiger charge is -2.26. The quantitative estimate of drug-likeness (QED) is 0.734. The molecule has 0 aromatic carbocycles. The van der Waals surface area contributed by atoms with E-state index in [1.165, 1.54) is 18.5 Å². The maximum atomic E-state index is 12.2. The molecule has 1 aromatic rings. The minimum absolute atomic E-state index is 0.206. The van der Waals surface area contributed by atoms with Crippen molar-refractivity contribution >= 4 is 5.91 Å². The van der Waals surface area contributed by atoms with Crippen LogP contribution in [0.4, 0.5) is 13.2 Å². The minimum atomic E-state index is -4.78. The zero-order valence-corrected chi connectivity index (χ0v) is 8.43. The number of nitrogens with one attached hydrogen (secondary N) is 2. The molecule has 0 aliphatic heterocycles. The first-order valence-electron chi connectivity index (χ1n) is 4.44. The number of hydrogen-bond donors (Lipinski definition) is 3. The second-order valence-electron chi connectivity index (χ2n) is 3.55. The predicted molar refractivity (Wildman–Crippen MR) is 49.8 cm³/mol. The molecule has 1 atom stereocenters. The highest BCUT2D eigenvalue weighted by atomic mass is 19.4. The maximum absolute atomic E-state index is 12.2. The first-order chi connectivity index (χ1) is 7.24. The van der Waals surface area contributed by atoms with Crippen LogP contribution in [0, 0.1) is 0 Å². The second-order valence-corrected chi connectivity index (χ2v) is 3.55. The van der Waals surface area contributed by atoms with Crippen LogP contribution in [0.2, 0.25) is 0 Å². The molecule has 0 bridgehead atoms. The van der Waals surface area contributed by atoms with Crippen LogP contribution in [-0.2, 0) is 0 Å². The zero-order chi connectivity index (χ0) is 12.4. The lowest BCUT2D eigenvalue weighted by molar-refractivity contribution is -0.249. The fourth-order valence-corrected chi connectivity index (χ4v) is 0.920. The molecular weight excluding hydrogens is 225 g/mol. The van der Waals surface area contributed by atoms with Gasteiger partial charge in [-0.15, -0.1) is 0 Å². The molecule has 1 amide bonds. The molecule has 7 heteroatoms. The average molecular weight is 236 g/mol. The van der Waals surface area contributed by atoms with Crippen LogP contribution in [0.3, 0.4) is 0 Å². The largest absolute Gasteiger partial charge is 0.418 e. The molecule has 1 aromatic heterocycles. The first-order valence-corrected chi connectivity index (χ1v) is 4.44. The van der Waals surface area contributed by atoms with Gasteiger partial charge in [-0.1, -0.05) is 0 Å². The summed E-state index contributed by atoms with van der Waals surface area (Å²) in [5, 5.41) is 11.1. The van der Waals surface area contributed by atoms with E-state index in [9.17, 15) is 18.0 Å². The van der Waals surface area contributed by atoms with Crippen molar-refractivity contribution in [2.75, 3.05) is 6.54 Å². The molecule has 1 unspecified atom stereocenters. The molecule has 0 spiro atoms. The first kappa shape index (κ1) is 12.6. The number of aromatic amines is 1. The van der Waals surface area contributed by atoms with E-state index < -0.39 is 24.2 Å². The fourth-order valence-electron chi connectivity index (χ4n) is 0.920. The Hall–Kier alpha value is -1.50. The summed E-state index contributed by atoms with van der Waals surface area (Å²) >= 11 is 0. The molecule has 0 fully saturated rings. The highest BCUT2D eigenvalue weighted by Gasteiger charge is 2.49. The van der Waals surface area contributed by atoms with Gasteiger partial charge in [-0.2, -0.15) is 13.2 Å². The average Bonchev–Trinajstić information content (AvgIpc) is 2.65. The van der Waals surface area contributed by atoms with Crippen LogP contribution in [0.1, 0.15) is 17.3 Å². The number of carbonyl (C=O) groups excluding carboxylic acids is 1. The van der Waals surface area contributed by atoms with Crippen LogP contribution >= 0.6 is 0 Å². The Labute approximate surface area is 89.5 Å². The number of halogens is 3. The van der Waals surface area contributed by atoms with Gasteiger partial charge in [0.15, 0.2) is 5.60 Å². The summed E-state index contributed by atoms with van der Waals surface area (Å²) in [5.74, 6) is -0.675. The molecule has 1 heterocycles. The van der Waals surface area contributed by atoms with E-state index in [0.29, 0.717) is 6.92 Å². The van der Waals surface area contributed by atoms with Gasteiger partial charge in [0, 0.05) is 12.4 Å². The predicted octanol–water partition coefficient (Wildman–Crippen LogP) is 1.06. The van der Waals surface area contributed by atoms with Crippen molar-refractivity contribution in [1.82, 2.24) is 10.3 Å². The van der Waals surface area contributed by atoms with E-state index in [1.54, 1.807) is 0 Å². The third-order valence-electron chi connectivity index (χ3n) is 2.06. The molecular formula is C9H11F3N2O2. The van der Waals surface area contributed by atoms with E-state index in [4.69, 9.17) is 5.11 Å². The van der Waals surface area contributed by atoms with Gasteiger partial charge < -0.3 is 15.4 Å². The smallest absolute Gasteiger partial charge is 0.379 e. The van der Waals surface area contributed by atoms with Crippen molar-refractivity contribution in [3.63, 3.8) is 0 Å². The van der Waals surface area contributed by atoms with E-state index >= 15 is 0 Å². The number of hydrogen-bond acceptors (Lipinski definition) is 2.